The number of aromatic carboxylic acids is 1. The Bertz CT molecular complexity index is 569. The second-order valence-electron chi connectivity index (χ2n) is 3.32. The van der Waals surface area contributed by atoms with Crippen molar-refractivity contribution in [3.05, 3.63) is 48.0 Å². The number of amides is 1. The number of carboxylic acid groups (broad SMARTS) is 1. The maximum Gasteiger partial charge on any atom is 0.354 e. The monoisotopic (exact) mass is 244 g/mol. The second kappa shape index (κ2) is 5.00. The fraction of sp³-hybridized carbons (Fsp3) is 0. The van der Waals surface area contributed by atoms with E-state index in [1.165, 1.54) is 36.8 Å². The number of carbonyl (C=O) groups is 2. The van der Waals surface area contributed by atoms with Crippen LogP contribution in [0, 0.1) is 0 Å². The van der Waals surface area contributed by atoms with Gasteiger partial charge >= 0.3 is 5.97 Å². The van der Waals surface area contributed by atoms with Crippen LogP contribution < -0.4 is 5.32 Å². The van der Waals surface area contributed by atoms with Crippen LogP contribution in [0.1, 0.15) is 20.8 Å². The van der Waals surface area contributed by atoms with Crippen molar-refractivity contribution >= 4 is 17.6 Å². The van der Waals surface area contributed by atoms with Crippen LogP contribution in [-0.2, 0) is 0 Å². The summed E-state index contributed by atoms with van der Waals surface area (Å²) in [5.74, 6) is -1.49. The van der Waals surface area contributed by atoms with Gasteiger partial charge in [0.1, 0.15) is 5.69 Å². The SMILES string of the molecule is O=C(Nc1ccc(C(=O)O)nc1)c1ccnnc1. The molecule has 18 heavy (non-hydrogen) atoms. The number of carbonyl (C=O) groups excluding carboxylic acids is 1. The fourth-order valence-electron chi connectivity index (χ4n) is 1.22. The molecule has 7 nitrogen and oxygen atoms in total. The quantitative estimate of drug-likeness (QED) is 0.828. The summed E-state index contributed by atoms with van der Waals surface area (Å²) < 4.78 is 0. The topological polar surface area (TPSA) is 105 Å². The highest BCUT2D eigenvalue weighted by molar-refractivity contribution is 6.03. The van der Waals surface area contributed by atoms with E-state index < -0.39 is 5.97 Å². The molecule has 0 atom stereocenters. The van der Waals surface area contributed by atoms with Gasteiger partial charge in [-0.25, -0.2) is 9.78 Å². The van der Waals surface area contributed by atoms with E-state index >= 15 is 0 Å². The molecular weight excluding hydrogens is 236 g/mol. The number of anilines is 1. The van der Waals surface area contributed by atoms with E-state index in [-0.39, 0.29) is 11.6 Å². The van der Waals surface area contributed by atoms with Crippen LogP contribution in [0.15, 0.2) is 36.8 Å². The number of nitrogens with one attached hydrogen (secondary N) is 1. The van der Waals surface area contributed by atoms with Crippen molar-refractivity contribution in [3.63, 3.8) is 0 Å². The normalized spacial score (nSPS) is 9.78. The lowest BCUT2D eigenvalue weighted by Gasteiger charge is -2.04. The highest BCUT2D eigenvalue weighted by Gasteiger charge is 2.08. The number of pyridine rings is 1. The maximum atomic E-state index is 11.7. The van der Waals surface area contributed by atoms with Crippen molar-refractivity contribution in [2.24, 2.45) is 0 Å². The van der Waals surface area contributed by atoms with Gasteiger partial charge in [0.2, 0.25) is 0 Å². The maximum absolute atomic E-state index is 11.7. The predicted molar refractivity (Wildman–Crippen MR) is 61.2 cm³/mol. The third kappa shape index (κ3) is 2.64. The van der Waals surface area contributed by atoms with Gasteiger partial charge in [-0.15, -0.1) is 0 Å². The van der Waals surface area contributed by atoms with Gasteiger partial charge in [-0.2, -0.15) is 10.2 Å². The Morgan fingerprint density at radius 2 is 1.94 bits per heavy atom. The molecule has 0 aliphatic heterocycles. The summed E-state index contributed by atoms with van der Waals surface area (Å²) in [5.41, 5.74) is 0.674. The average Bonchev–Trinajstić information content (AvgIpc) is 2.40. The fourth-order valence-corrected chi connectivity index (χ4v) is 1.22. The van der Waals surface area contributed by atoms with Gasteiger partial charge < -0.3 is 10.4 Å². The first-order valence-corrected chi connectivity index (χ1v) is 4.94. The van der Waals surface area contributed by atoms with Gasteiger partial charge in [-0.05, 0) is 18.2 Å². The van der Waals surface area contributed by atoms with E-state index in [0.717, 1.165) is 0 Å². The predicted octanol–water partition coefficient (Wildman–Crippen LogP) is 0.822. The third-order valence-electron chi connectivity index (χ3n) is 2.09. The van der Waals surface area contributed by atoms with Crippen molar-refractivity contribution in [1.29, 1.82) is 0 Å². The summed E-state index contributed by atoms with van der Waals surface area (Å²) in [6, 6.07) is 4.28. The van der Waals surface area contributed by atoms with E-state index in [9.17, 15) is 9.59 Å². The minimum atomic E-state index is -1.12. The van der Waals surface area contributed by atoms with E-state index in [4.69, 9.17) is 5.11 Å². The summed E-state index contributed by atoms with van der Waals surface area (Å²) in [4.78, 5) is 26.0. The summed E-state index contributed by atoms with van der Waals surface area (Å²) in [6.45, 7) is 0. The van der Waals surface area contributed by atoms with Crippen molar-refractivity contribution in [1.82, 2.24) is 15.2 Å². The molecule has 0 aliphatic carbocycles. The lowest BCUT2D eigenvalue weighted by atomic mass is 10.3. The number of hydrogen-bond donors (Lipinski definition) is 2. The van der Waals surface area contributed by atoms with Crippen LogP contribution in [0.4, 0.5) is 5.69 Å². The van der Waals surface area contributed by atoms with Gasteiger partial charge in [-0.1, -0.05) is 0 Å². The molecule has 0 saturated carbocycles. The second-order valence-corrected chi connectivity index (χ2v) is 3.32. The number of nitrogens with zero attached hydrogens (tertiary/aromatic N) is 3. The van der Waals surface area contributed by atoms with Crippen LogP contribution >= 0.6 is 0 Å². The first-order valence-electron chi connectivity index (χ1n) is 4.94. The zero-order chi connectivity index (χ0) is 13.0. The zero-order valence-electron chi connectivity index (χ0n) is 9.07. The van der Waals surface area contributed by atoms with E-state index in [1.807, 2.05) is 0 Å². The van der Waals surface area contributed by atoms with Gasteiger partial charge in [0.25, 0.3) is 5.91 Å². The first-order chi connectivity index (χ1) is 8.66. The van der Waals surface area contributed by atoms with Crippen molar-refractivity contribution in [2.45, 2.75) is 0 Å². The Morgan fingerprint density at radius 3 is 2.50 bits per heavy atom. The van der Waals surface area contributed by atoms with Crippen LogP contribution in [0.25, 0.3) is 0 Å². The number of hydrogen-bond acceptors (Lipinski definition) is 5. The molecule has 2 aromatic rings. The number of carboxylic acids is 1. The Balaban J connectivity index is 2.10. The molecule has 0 unspecified atom stereocenters. The molecular formula is C11H8N4O3. The van der Waals surface area contributed by atoms with Gasteiger partial charge in [0.05, 0.1) is 29.8 Å². The average molecular weight is 244 g/mol. The summed E-state index contributed by atoms with van der Waals surface area (Å²) in [6.07, 6.45) is 4.01. The van der Waals surface area contributed by atoms with Gasteiger partial charge in [-0.3, -0.25) is 4.79 Å². The standard InChI is InChI=1S/C11H8N4O3/c16-10(7-3-4-13-14-5-7)15-8-1-2-9(11(17)18)12-6-8/h1-6H,(H,15,16)(H,17,18). The molecule has 2 heterocycles. The zero-order valence-corrected chi connectivity index (χ0v) is 9.07. The highest BCUT2D eigenvalue weighted by atomic mass is 16.4. The lowest BCUT2D eigenvalue weighted by Crippen LogP contribution is -2.13. The molecule has 0 spiro atoms. The van der Waals surface area contributed by atoms with Crippen molar-refractivity contribution < 1.29 is 14.7 Å². The molecule has 0 bridgehead atoms. The smallest absolute Gasteiger partial charge is 0.354 e. The molecule has 0 aromatic carbocycles. The summed E-state index contributed by atoms with van der Waals surface area (Å²) in [7, 11) is 0. The molecule has 0 saturated heterocycles. The molecule has 90 valence electrons. The molecule has 1 amide bonds. The minimum Gasteiger partial charge on any atom is -0.477 e. The molecule has 0 radical (unpaired) electrons. The Labute approximate surface area is 102 Å². The van der Waals surface area contributed by atoms with Crippen LogP contribution in [0.3, 0.4) is 0 Å². The van der Waals surface area contributed by atoms with Crippen LogP contribution in [0.5, 0.6) is 0 Å². The molecule has 2 rings (SSSR count). The lowest BCUT2D eigenvalue weighted by molar-refractivity contribution is 0.0690. The first kappa shape index (κ1) is 11.6. The van der Waals surface area contributed by atoms with Crippen LogP contribution in [-0.4, -0.2) is 32.2 Å². The largest absolute Gasteiger partial charge is 0.477 e. The number of rotatable bonds is 3. The Kier molecular flexibility index (Phi) is 3.24. The molecule has 0 aliphatic rings. The highest BCUT2D eigenvalue weighted by Crippen LogP contribution is 2.08. The van der Waals surface area contributed by atoms with Crippen molar-refractivity contribution in [3.8, 4) is 0 Å². The van der Waals surface area contributed by atoms with Crippen molar-refractivity contribution in [2.75, 3.05) is 5.32 Å². The Hall–Kier alpha value is -2.83. The van der Waals surface area contributed by atoms with Gasteiger partial charge in [0, 0.05) is 0 Å². The molecule has 0 fully saturated rings. The van der Waals surface area contributed by atoms with E-state index in [0.29, 0.717) is 11.3 Å². The van der Waals surface area contributed by atoms with Crippen LogP contribution in [0.2, 0.25) is 0 Å². The minimum absolute atomic E-state index is 0.0847. The van der Waals surface area contributed by atoms with Gasteiger partial charge in [0.15, 0.2) is 0 Å². The molecule has 2 N–H and O–H groups in total. The van der Waals surface area contributed by atoms with E-state index in [1.54, 1.807) is 0 Å². The molecule has 2 aromatic heterocycles. The number of aromatic nitrogens is 3. The molecule has 7 heteroatoms. The summed E-state index contributed by atoms with van der Waals surface area (Å²) in [5, 5.41) is 18.4. The third-order valence-corrected chi connectivity index (χ3v) is 2.09. The van der Waals surface area contributed by atoms with E-state index in [2.05, 4.69) is 20.5 Å². The summed E-state index contributed by atoms with van der Waals surface area (Å²) >= 11 is 0. The Morgan fingerprint density at radius 1 is 1.11 bits per heavy atom.